The Morgan fingerprint density at radius 2 is 1.96 bits per heavy atom. The zero-order chi connectivity index (χ0) is 20.5. The molecule has 1 aliphatic rings. The van der Waals surface area contributed by atoms with Gasteiger partial charge in [-0.25, -0.2) is 13.6 Å². The van der Waals surface area contributed by atoms with Crippen molar-refractivity contribution < 1.29 is 13.2 Å². The molecule has 0 aliphatic carbocycles. The molecule has 1 heterocycles. The van der Waals surface area contributed by atoms with Crippen molar-refractivity contribution in [3.63, 3.8) is 0 Å². The van der Waals surface area contributed by atoms with Crippen LogP contribution in [0.4, 0.5) is 5.69 Å². The average Bonchev–Trinajstić information content (AvgIpc) is 3.05. The van der Waals surface area contributed by atoms with Crippen LogP contribution in [-0.4, -0.2) is 32.3 Å². The Balaban J connectivity index is 1.76. The maximum atomic E-state index is 12.7. The van der Waals surface area contributed by atoms with Crippen molar-refractivity contribution in [2.24, 2.45) is 5.14 Å². The molecule has 1 atom stereocenters. The summed E-state index contributed by atoms with van der Waals surface area (Å²) in [4.78, 5) is 14.9. The van der Waals surface area contributed by atoms with Crippen molar-refractivity contribution in [1.29, 1.82) is 0 Å². The van der Waals surface area contributed by atoms with Crippen molar-refractivity contribution in [2.45, 2.75) is 44.6 Å². The molecular formula is C21H27N3O3S. The van der Waals surface area contributed by atoms with Gasteiger partial charge in [-0.15, -0.1) is 0 Å². The number of nitrogens with two attached hydrogens (primary N) is 1. The summed E-state index contributed by atoms with van der Waals surface area (Å²) in [7, 11) is -3.83. The zero-order valence-electron chi connectivity index (χ0n) is 16.5. The topological polar surface area (TPSA) is 92.5 Å². The lowest BCUT2D eigenvalue weighted by molar-refractivity contribution is -0.117. The normalized spacial score (nSPS) is 17.6. The molecule has 3 rings (SSSR count). The third-order valence-electron chi connectivity index (χ3n) is 5.38. The van der Waals surface area contributed by atoms with Gasteiger partial charge in [-0.05, 0) is 69.0 Å². The van der Waals surface area contributed by atoms with Gasteiger partial charge in [0.25, 0.3) is 0 Å². The van der Waals surface area contributed by atoms with Crippen molar-refractivity contribution in [3.8, 4) is 0 Å². The molecule has 1 saturated heterocycles. The van der Waals surface area contributed by atoms with E-state index in [-0.39, 0.29) is 23.4 Å². The van der Waals surface area contributed by atoms with E-state index in [4.69, 9.17) is 5.14 Å². The number of aryl methyl sites for hydroxylation is 2. The predicted molar refractivity (Wildman–Crippen MR) is 111 cm³/mol. The van der Waals surface area contributed by atoms with Gasteiger partial charge in [0, 0.05) is 11.7 Å². The van der Waals surface area contributed by atoms with Crippen LogP contribution in [0.2, 0.25) is 0 Å². The van der Waals surface area contributed by atoms with E-state index in [0.29, 0.717) is 5.69 Å². The SMILES string of the molecule is Cc1cccc(C2CCCN2CC(=O)Nc2cc(S(N)(=O)=O)cc(C)c2C)c1. The van der Waals surface area contributed by atoms with Gasteiger partial charge in [0.05, 0.1) is 11.4 Å². The second-order valence-electron chi connectivity index (χ2n) is 7.55. The number of likely N-dealkylation sites (tertiary alicyclic amines) is 1. The average molecular weight is 402 g/mol. The van der Waals surface area contributed by atoms with Crippen LogP contribution in [0, 0.1) is 20.8 Å². The second-order valence-corrected chi connectivity index (χ2v) is 9.11. The molecule has 0 aromatic heterocycles. The molecule has 6 nitrogen and oxygen atoms in total. The molecule has 150 valence electrons. The van der Waals surface area contributed by atoms with Crippen molar-refractivity contribution >= 4 is 21.6 Å². The second kappa shape index (κ2) is 8.03. The van der Waals surface area contributed by atoms with E-state index in [1.165, 1.54) is 23.3 Å². The summed E-state index contributed by atoms with van der Waals surface area (Å²) >= 11 is 0. The minimum atomic E-state index is -3.83. The van der Waals surface area contributed by atoms with Crippen LogP contribution in [0.1, 0.15) is 41.1 Å². The van der Waals surface area contributed by atoms with E-state index in [1.807, 2.05) is 13.0 Å². The molecule has 3 N–H and O–H groups in total. The number of amides is 1. The first-order valence-corrected chi connectivity index (χ1v) is 10.9. The number of carbonyl (C=O) groups excluding carboxylic acids is 1. The standard InChI is InChI=1S/C21H27N3O3S/c1-14-6-4-7-17(10-14)20-8-5-9-24(20)13-21(25)23-19-12-18(28(22,26)27)11-15(2)16(19)3/h4,6-7,10-12,20H,5,8-9,13H2,1-3H3,(H,23,25)(H2,22,26,27). The molecule has 2 aromatic rings. The van der Waals surface area contributed by atoms with Crippen LogP contribution in [0.15, 0.2) is 41.3 Å². The largest absolute Gasteiger partial charge is 0.325 e. The lowest BCUT2D eigenvalue weighted by Gasteiger charge is -2.25. The Kier molecular flexibility index (Phi) is 5.88. The van der Waals surface area contributed by atoms with E-state index >= 15 is 0 Å². The van der Waals surface area contributed by atoms with Gasteiger partial charge in [-0.3, -0.25) is 9.69 Å². The van der Waals surface area contributed by atoms with E-state index in [0.717, 1.165) is 30.5 Å². The third-order valence-corrected chi connectivity index (χ3v) is 6.27. The van der Waals surface area contributed by atoms with Crippen LogP contribution in [0.25, 0.3) is 0 Å². The van der Waals surface area contributed by atoms with Crippen molar-refractivity contribution in [2.75, 3.05) is 18.4 Å². The molecule has 1 fully saturated rings. The van der Waals surface area contributed by atoms with Gasteiger partial charge in [0.15, 0.2) is 0 Å². The molecular weight excluding hydrogens is 374 g/mol. The Bertz CT molecular complexity index is 1000. The zero-order valence-corrected chi connectivity index (χ0v) is 17.3. The smallest absolute Gasteiger partial charge is 0.238 e. The Morgan fingerprint density at radius 3 is 2.64 bits per heavy atom. The summed E-state index contributed by atoms with van der Waals surface area (Å²) in [6, 6.07) is 11.6. The number of carbonyl (C=O) groups is 1. The minimum absolute atomic E-state index is 0.00436. The highest BCUT2D eigenvalue weighted by atomic mass is 32.2. The molecule has 0 bridgehead atoms. The van der Waals surface area contributed by atoms with Gasteiger partial charge in [-0.2, -0.15) is 0 Å². The summed E-state index contributed by atoms with van der Waals surface area (Å²) < 4.78 is 23.4. The first-order valence-electron chi connectivity index (χ1n) is 9.39. The fourth-order valence-electron chi connectivity index (χ4n) is 3.76. The molecule has 1 unspecified atom stereocenters. The lowest BCUT2D eigenvalue weighted by Crippen LogP contribution is -2.33. The quantitative estimate of drug-likeness (QED) is 0.805. The highest BCUT2D eigenvalue weighted by molar-refractivity contribution is 7.89. The summed E-state index contributed by atoms with van der Waals surface area (Å²) in [5.74, 6) is -0.159. The first kappa shape index (κ1) is 20.5. The molecule has 1 amide bonds. The number of benzene rings is 2. The third kappa shape index (κ3) is 4.60. The molecule has 0 radical (unpaired) electrons. The number of nitrogens with zero attached hydrogens (tertiary/aromatic N) is 1. The number of hydrogen-bond acceptors (Lipinski definition) is 4. The van der Waals surface area contributed by atoms with Gasteiger partial charge in [0.2, 0.25) is 15.9 Å². The van der Waals surface area contributed by atoms with E-state index in [1.54, 1.807) is 6.92 Å². The van der Waals surface area contributed by atoms with Crippen molar-refractivity contribution in [1.82, 2.24) is 4.90 Å². The molecule has 2 aromatic carbocycles. The van der Waals surface area contributed by atoms with Crippen LogP contribution >= 0.6 is 0 Å². The Morgan fingerprint density at radius 1 is 1.21 bits per heavy atom. The number of sulfonamides is 1. The van der Waals surface area contributed by atoms with Crippen molar-refractivity contribution in [3.05, 3.63) is 58.7 Å². The van der Waals surface area contributed by atoms with E-state index < -0.39 is 10.0 Å². The molecule has 28 heavy (non-hydrogen) atoms. The molecule has 0 spiro atoms. The Labute approximate surface area is 166 Å². The van der Waals surface area contributed by atoms with E-state index in [2.05, 4.69) is 35.3 Å². The van der Waals surface area contributed by atoms with Crippen LogP contribution in [0.5, 0.6) is 0 Å². The molecule has 7 heteroatoms. The molecule has 1 aliphatic heterocycles. The highest BCUT2D eigenvalue weighted by Gasteiger charge is 2.27. The predicted octanol–water partition coefficient (Wildman–Crippen LogP) is 3.03. The maximum absolute atomic E-state index is 12.7. The van der Waals surface area contributed by atoms with Crippen LogP contribution < -0.4 is 10.5 Å². The summed E-state index contributed by atoms with van der Waals surface area (Å²) in [6.45, 7) is 6.84. The summed E-state index contributed by atoms with van der Waals surface area (Å²) in [6.07, 6.45) is 2.07. The first-order chi connectivity index (χ1) is 13.1. The number of primary sulfonamides is 1. The van der Waals surface area contributed by atoms with Crippen LogP contribution in [0.3, 0.4) is 0 Å². The number of hydrogen-bond donors (Lipinski definition) is 2. The van der Waals surface area contributed by atoms with Gasteiger partial charge in [-0.1, -0.05) is 29.8 Å². The summed E-state index contributed by atoms with van der Waals surface area (Å²) in [5, 5.41) is 8.13. The van der Waals surface area contributed by atoms with Gasteiger partial charge < -0.3 is 5.32 Å². The number of rotatable bonds is 5. The highest BCUT2D eigenvalue weighted by Crippen LogP contribution is 2.32. The van der Waals surface area contributed by atoms with Crippen LogP contribution in [-0.2, 0) is 14.8 Å². The fourth-order valence-corrected chi connectivity index (χ4v) is 4.39. The Hall–Kier alpha value is -2.22. The monoisotopic (exact) mass is 401 g/mol. The fraction of sp³-hybridized carbons (Fsp3) is 0.381. The lowest BCUT2D eigenvalue weighted by atomic mass is 10.0. The number of nitrogens with one attached hydrogen (secondary N) is 1. The number of anilines is 1. The maximum Gasteiger partial charge on any atom is 0.238 e. The minimum Gasteiger partial charge on any atom is -0.325 e. The van der Waals surface area contributed by atoms with Gasteiger partial charge >= 0.3 is 0 Å². The van der Waals surface area contributed by atoms with E-state index in [9.17, 15) is 13.2 Å². The summed E-state index contributed by atoms with van der Waals surface area (Å²) in [5.41, 5.74) is 4.52. The van der Waals surface area contributed by atoms with Gasteiger partial charge in [0.1, 0.15) is 0 Å². The molecule has 0 saturated carbocycles.